The first kappa shape index (κ1) is 12.5. The third-order valence-corrected chi connectivity index (χ3v) is 2.87. The summed E-state index contributed by atoms with van der Waals surface area (Å²) in [6, 6.07) is 2.46. The molecule has 2 rings (SSSR count). The van der Waals surface area contributed by atoms with E-state index in [1.165, 1.54) is 12.1 Å². The third-order valence-electron chi connectivity index (χ3n) is 2.87. The molecular formula is C13H15F2N3. The van der Waals surface area contributed by atoms with Gasteiger partial charge in [0.25, 0.3) is 0 Å². The molecule has 3 nitrogen and oxygen atoms in total. The van der Waals surface area contributed by atoms with E-state index < -0.39 is 11.6 Å². The number of halogens is 2. The van der Waals surface area contributed by atoms with Crippen molar-refractivity contribution in [3.8, 4) is 0 Å². The second kappa shape index (κ2) is 4.76. The van der Waals surface area contributed by atoms with E-state index in [0.29, 0.717) is 5.56 Å². The number of hydrogen-bond acceptors (Lipinski definition) is 2. The first-order chi connectivity index (χ1) is 8.49. The maximum Gasteiger partial charge on any atom is 0.152 e. The second-order valence-corrected chi connectivity index (χ2v) is 4.37. The van der Waals surface area contributed by atoms with Gasteiger partial charge in [-0.15, -0.1) is 0 Å². The van der Waals surface area contributed by atoms with E-state index in [0.717, 1.165) is 5.56 Å². The normalized spacial score (nSPS) is 12.5. The van der Waals surface area contributed by atoms with Crippen LogP contribution in [0.2, 0.25) is 0 Å². The minimum absolute atomic E-state index is 0.0913. The molecule has 96 valence electrons. The zero-order chi connectivity index (χ0) is 13.3. The van der Waals surface area contributed by atoms with Crippen LogP contribution in [0.5, 0.6) is 0 Å². The summed E-state index contributed by atoms with van der Waals surface area (Å²) in [5.74, 6) is -1.14. The first-order valence-electron chi connectivity index (χ1n) is 5.68. The van der Waals surface area contributed by atoms with Gasteiger partial charge in [0.1, 0.15) is 11.5 Å². The number of aromatic nitrogens is 2. The lowest BCUT2D eigenvalue weighted by Crippen LogP contribution is -2.09. The van der Waals surface area contributed by atoms with E-state index >= 15 is 0 Å². The minimum Gasteiger partial charge on any atom is -0.374 e. The fourth-order valence-electron chi connectivity index (χ4n) is 1.75. The predicted octanol–water partition coefficient (Wildman–Crippen LogP) is 3.18. The molecule has 18 heavy (non-hydrogen) atoms. The predicted molar refractivity (Wildman–Crippen MR) is 66.3 cm³/mol. The molecule has 5 heteroatoms. The quantitative estimate of drug-likeness (QED) is 0.908. The van der Waals surface area contributed by atoms with Gasteiger partial charge >= 0.3 is 0 Å². The van der Waals surface area contributed by atoms with E-state index in [1.54, 1.807) is 24.9 Å². The highest BCUT2D eigenvalue weighted by Crippen LogP contribution is 2.26. The Morgan fingerprint density at radius 2 is 2.06 bits per heavy atom. The molecule has 0 aliphatic carbocycles. The van der Waals surface area contributed by atoms with Crippen LogP contribution in [0.4, 0.5) is 14.5 Å². The molecule has 0 saturated heterocycles. The topological polar surface area (TPSA) is 29.9 Å². The molecule has 0 aliphatic rings. The van der Waals surface area contributed by atoms with Gasteiger partial charge < -0.3 is 5.32 Å². The van der Waals surface area contributed by atoms with E-state index in [4.69, 9.17) is 0 Å². The Kier molecular flexibility index (Phi) is 3.32. The van der Waals surface area contributed by atoms with Gasteiger partial charge in [-0.3, -0.25) is 4.68 Å². The Hall–Kier alpha value is -1.91. The van der Waals surface area contributed by atoms with Crippen molar-refractivity contribution in [2.24, 2.45) is 7.05 Å². The number of nitrogens with zero attached hydrogens (tertiary/aromatic N) is 2. The van der Waals surface area contributed by atoms with E-state index in [-0.39, 0.29) is 11.7 Å². The largest absolute Gasteiger partial charge is 0.374 e. The van der Waals surface area contributed by atoms with Crippen LogP contribution in [0.25, 0.3) is 0 Å². The van der Waals surface area contributed by atoms with Crippen LogP contribution in [0.15, 0.2) is 24.5 Å². The highest BCUT2D eigenvalue weighted by Gasteiger charge is 2.15. The minimum atomic E-state index is -0.589. The van der Waals surface area contributed by atoms with E-state index in [2.05, 4.69) is 10.4 Å². The molecule has 0 spiro atoms. The third kappa shape index (κ3) is 2.34. The average Bonchev–Trinajstić information content (AvgIpc) is 2.76. The Morgan fingerprint density at radius 3 is 2.67 bits per heavy atom. The van der Waals surface area contributed by atoms with Crippen LogP contribution in [-0.4, -0.2) is 9.78 Å². The molecular weight excluding hydrogens is 236 g/mol. The lowest BCUT2D eigenvalue weighted by molar-refractivity contribution is 0.579. The molecule has 0 fully saturated rings. The Balaban J connectivity index is 2.27. The van der Waals surface area contributed by atoms with Crippen molar-refractivity contribution in [2.75, 3.05) is 5.32 Å². The van der Waals surface area contributed by atoms with Crippen LogP contribution >= 0.6 is 0 Å². The lowest BCUT2D eigenvalue weighted by atomic mass is 10.1. The number of anilines is 1. The van der Waals surface area contributed by atoms with Gasteiger partial charge in [-0.25, -0.2) is 8.78 Å². The Bertz CT molecular complexity index is 563. The molecule has 0 bridgehead atoms. The van der Waals surface area contributed by atoms with Gasteiger partial charge in [-0.1, -0.05) is 6.07 Å². The zero-order valence-corrected chi connectivity index (χ0v) is 10.5. The van der Waals surface area contributed by atoms with Crippen molar-refractivity contribution in [3.05, 3.63) is 47.3 Å². The van der Waals surface area contributed by atoms with Crippen LogP contribution in [-0.2, 0) is 7.05 Å². The average molecular weight is 251 g/mol. The first-order valence-corrected chi connectivity index (χ1v) is 5.68. The van der Waals surface area contributed by atoms with Gasteiger partial charge in [0, 0.05) is 18.8 Å². The van der Waals surface area contributed by atoms with Crippen LogP contribution in [0.1, 0.15) is 24.1 Å². The lowest BCUT2D eigenvalue weighted by Gasteiger charge is -2.15. The summed E-state index contributed by atoms with van der Waals surface area (Å²) in [4.78, 5) is 0. The summed E-state index contributed by atoms with van der Waals surface area (Å²) in [6.07, 6.45) is 3.48. The summed E-state index contributed by atoms with van der Waals surface area (Å²) in [7, 11) is 1.80. The number of hydrogen-bond donors (Lipinski definition) is 1. The summed E-state index contributed by atoms with van der Waals surface area (Å²) in [6.45, 7) is 3.44. The highest BCUT2D eigenvalue weighted by atomic mass is 19.1. The number of nitrogens with one attached hydrogen (secondary N) is 1. The molecule has 1 atom stereocenters. The SMILES string of the molecule is Cc1ccc(F)c(NC(C)c2cnn(C)c2)c1F. The van der Waals surface area contributed by atoms with Crippen LogP contribution < -0.4 is 5.32 Å². The molecule has 1 aromatic carbocycles. The molecule has 0 saturated carbocycles. The van der Waals surface area contributed by atoms with Crippen molar-refractivity contribution < 1.29 is 8.78 Å². The highest BCUT2D eigenvalue weighted by molar-refractivity contribution is 5.50. The van der Waals surface area contributed by atoms with Crippen LogP contribution in [0.3, 0.4) is 0 Å². The Labute approximate surface area is 104 Å². The van der Waals surface area contributed by atoms with Crippen molar-refractivity contribution in [2.45, 2.75) is 19.9 Å². The van der Waals surface area contributed by atoms with Crippen molar-refractivity contribution in [1.82, 2.24) is 9.78 Å². The van der Waals surface area contributed by atoms with Crippen LogP contribution in [0, 0.1) is 18.6 Å². The second-order valence-electron chi connectivity index (χ2n) is 4.37. The fourth-order valence-corrected chi connectivity index (χ4v) is 1.75. The summed E-state index contributed by atoms with van der Waals surface area (Å²) in [5, 5.41) is 6.88. The Morgan fingerprint density at radius 1 is 1.33 bits per heavy atom. The fraction of sp³-hybridized carbons (Fsp3) is 0.308. The van der Waals surface area contributed by atoms with E-state index in [9.17, 15) is 8.78 Å². The van der Waals surface area contributed by atoms with Crippen molar-refractivity contribution in [1.29, 1.82) is 0 Å². The van der Waals surface area contributed by atoms with Crippen molar-refractivity contribution >= 4 is 5.69 Å². The molecule has 1 heterocycles. The van der Waals surface area contributed by atoms with Gasteiger partial charge in [-0.05, 0) is 25.5 Å². The molecule has 1 unspecified atom stereocenters. The molecule has 1 N–H and O–H groups in total. The van der Waals surface area contributed by atoms with E-state index in [1.807, 2.05) is 13.1 Å². The van der Waals surface area contributed by atoms with Crippen molar-refractivity contribution in [3.63, 3.8) is 0 Å². The summed E-state index contributed by atoms with van der Waals surface area (Å²) in [5.41, 5.74) is 1.20. The van der Waals surface area contributed by atoms with Gasteiger partial charge in [0.05, 0.1) is 12.2 Å². The molecule has 1 aromatic heterocycles. The molecule has 2 aromatic rings. The summed E-state index contributed by atoms with van der Waals surface area (Å²) < 4.78 is 29.1. The molecule has 0 aliphatic heterocycles. The standard InChI is InChI=1S/C13H15F2N3/c1-8-4-5-11(14)13(12(8)15)17-9(2)10-6-16-18(3)7-10/h4-7,9,17H,1-3H3. The van der Waals surface area contributed by atoms with Gasteiger partial charge in [-0.2, -0.15) is 5.10 Å². The monoisotopic (exact) mass is 251 g/mol. The zero-order valence-electron chi connectivity index (χ0n) is 10.5. The maximum atomic E-state index is 13.8. The van der Waals surface area contributed by atoms with Gasteiger partial charge in [0.2, 0.25) is 0 Å². The number of rotatable bonds is 3. The maximum absolute atomic E-state index is 13.8. The number of benzene rings is 1. The molecule has 0 radical (unpaired) electrons. The number of aryl methyl sites for hydroxylation is 2. The molecule has 0 amide bonds. The van der Waals surface area contributed by atoms with Gasteiger partial charge in [0.15, 0.2) is 5.82 Å². The summed E-state index contributed by atoms with van der Waals surface area (Å²) >= 11 is 0. The smallest absolute Gasteiger partial charge is 0.152 e.